The molecule has 6 N–H and O–H groups in total. The quantitative estimate of drug-likeness (QED) is 0.0149. The Morgan fingerprint density at radius 2 is 0.938 bits per heavy atom. The fourth-order valence-corrected chi connectivity index (χ4v) is 9.36. The summed E-state index contributed by atoms with van der Waals surface area (Å²) in [6, 6.07) is -1.05. The first kappa shape index (κ1) is 75.1. The number of hydrogen-bond donors (Lipinski definition) is 6. The van der Waals surface area contributed by atoms with E-state index in [9.17, 15) is 35.1 Å². The third-order valence-corrected chi connectivity index (χ3v) is 14.5. The lowest BCUT2D eigenvalue weighted by molar-refractivity contribution is -0.305. The van der Waals surface area contributed by atoms with Crippen LogP contribution in [0, 0.1) is 0 Å². The zero-order chi connectivity index (χ0) is 58.9. The van der Waals surface area contributed by atoms with Crippen LogP contribution in [-0.4, -0.2) is 99.6 Å². The van der Waals surface area contributed by atoms with Crippen molar-refractivity contribution in [3.8, 4) is 0 Å². The Morgan fingerprint density at radius 1 is 0.506 bits per heavy atom. The molecule has 1 heterocycles. The summed E-state index contributed by atoms with van der Waals surface area (Å²) >= 11 is 0. The Hall–Kier alpha value is -3.94. The minimum Gasteiger partial charge on any atom is -0.454 e. The van der Waals surface area contributed by atoms with Gasteiger partial charge in [-0.2, -0.15) is 0 Å². The molecule has 1 saturated heterocycles. The molecule has 1 rings (SSSR count). The second kappa shape index (κ2) is 56.5. The van der Waals surface area contributed by atoms with Crippen molar-refractivity contribution in [2.45, 2.75) is 294 Å². The maximum absolute atomic E-state index is 13.4. The Morgan fingerprint density at radius 3 is 1.47 bits per heavy atom. The molecule has 0 bridgehead atoms. The molecule has 11 heteroatoms. The highest BCUT2D eigenvalue weighted by molar-refractivity contribution is 5.80. The molecule has 81 heavy (non-hydrogen) atoms. The molecule has 0 spiro atoms. The van der Waals surface area contributed by atoms with E-state index < -0.39 is 67.4 Å². The zero-order valence-electron chi connectivity index (χ0n) is 51.1. The highest BCUT2D eigenvalue weighted by Gasteiger charge is 2.47. The Labute approximate surface area is 493 Å². The van der Waals surface area contributed by atoms with Gasteiger partial charge in [-0.05, 0) is 89.9 Å². The van der Waals surface area contributed by atoms with Gasteiger partial charge in [-0.3, -0.25) is 9.59 Å². The van der Waals surface area contributed by atoms with Gasteiger partial charge in [0.2, 0.25) is 5.91 Å². The van der Waals surface area contributed by atoms with E-state index in [2.05, 4.69) is 80.8 Å². The number of rotatable bonds is 53. The van der Waals surface area contributed by atoms with Crippen molar-refractivity contribution in [3.63, 3.8) is 0 Å². The number of nitrogens with one attached hydrogen (secondary N) is 1. The molecule has 11 nitrogen and oxygen atoms in total. The van der Waals surface area contributed by atoms with Gasteiger partial charge < -0.3 is 45.1 Å². The van der Waals surface area contributed by atoms with E-state index in [1.807, 2.05) is 60.8 Å². The minimum atomic E-state index is -1.63. The first-order valence-electron chi connectivity index (χ1n) is 32.4. The van der Waals surface area contributed by atoms with Crippen LogP contribution in [0.25, 0.3) is 0 Å². The van der Waals surface area contributed by atoms with Crippen LogP contribution in [-0.2, 0) is 23.8 Å². The van der Waals surface area contributed by atoms with Gasteiger partial charge in [-0.15, -0.1) is 0 Å². The molecular weight excluding hydrogens is 1010 g/mol. The lowest BCUT2D eigenvalue weighted by Gasteiger charge is -2.41. The number of ether oxygens (including phenoxy) is 3. The standard InChI is InChI=1S/C70H117NO10/c1-4-7-10-13-16-19-22-24-26-27-28-29-30-31-32-33-34-35-36-37-38-40-43-46-49-52-55-58-65(75)81-68-67(77)66(76)64(59-72)80-70(68)79-60-61(62(73)56-53-50-47-44-41-21-18-15-12-9-6-3)71-69(78)63(74)57-54-51-48-45-42-39-25-23-20-17-14-11-8-5-2/h8,11,14,16-17,19-20,23-26,28-29,31-32,39,42,45,53,56,61-64,66-68,70,72-74,76-77H,4-7,9-10,12-13,15,18,21-22,27,30,33-38,40-41,43-44,46-52,54-55,57-60H2,1-3H3,(H,71,78)/b11-8+,17-14+,19-16-,23-20-,26-24-,29-28-,32-31-,39-25-,45-42+,56-53+. The van der Waals surface area contributed by atoms with E-state index in [1.165, 1.54) is 103 Å². The molecule has 0 aromatic heterocycles. The van der Waals surface area contributed by atoms with Gasteiger partial charge in [0.1, 0.15) is 24.4 Å². The fourth-order valence-electron chi connectivity index (χ4n) is 9.36. The van der Waals surface area contributed by atoms with E-state index in [4.69, 9.17) is 14.2 Å². The first-order valence-corrected chi connectivity index (χ1v) is 32.4. The van der Waals surface area contributed by atoms with Crippen LogP contribution in [0.2, 0.25) is 0 Å². The lowest BCUT2D eigenvalue weighted by Crippen LogP contribution is -2.61. The largest absolute Gasteiger partial charge is 0.454 e. The summed E-state index contributed by atoms with van der Waals surface area (Å²) in [5, 5.41) is 56.9. The summed E-state index contributed by atoms with van der Waals surface area (Å²) in [6.07, 6.45) is 68.2. The molecule has 0 aromatic carbocycles. The molecule has 462 valence electrons. The van der Waals surface area contributed by atoms with E-state index in [1.54, 1.807) is 6.08 Å². The summed E-state index contributed by atoms with van der Waals surface area (Å²) < 4.78 is 17.6. The van der Waals surface area contributed by atoms with Gasteiger partial charge in [0.05, 0.1) is 25.4 Å². The molecule has 0 aliphatic carbocycles. The number of amides is 1. The number of aliphatic hydroxyl groups excluding tert-OH is 5. The zero-order valence-corrected chi connectivity index (χ0v) is 51.1. The second-order valence-corrected chi connectivity index (χ2v) is 21.9. The van der Waals surface area contributed by atoms with Gasteiger partial charge in [0, 0.05) is 6.42 Å². The molecule has 1 aliphatic heterocycles. The topological polar surface area (TPSA) is 175 Å². The van der Waals surface area contributed by atoms with Crippen molar-refractivity contribution in [2.75, 3.05) is 13.2 Å². The lowest BCUT2D eigenvalue weighted by atomic mass is 9.99. The van der Waals surface area contributed by atoms with Gasteiger partial charge >= 0.3 is 5.97 Å². The molecular formula is C70H117NO10. The molecule has 1 aliphatic rings. The average molecular weight is 1130 g/mol. The Kier molecular flexibility index (Phi) is 52.4. The molecule has 0 saturated carbocycles. The van der Waals surface area contributed by atoms with E-state index in [0.717, 1.165) is 96.3 Å². The smallest absolute Gasteiger partial charge is 0.306 e. The summed E-state index contributed by atoms with van der Waals surface area (Å²) in [4.78, 5) is 26.5. The number of aliphatic hydroxyl groups is 5. The van der Waals surface area contributed by atoms with Crippen molar-refractivity contribution in [2.24, 2.45) is 0 Å². The number of carbonyl (C=O) groups is 2. The van der Waals surface area contributed by atoms with Crippen LogP contribution >= 0.6 is 0 Å². The highest BCUT2D eigenvalue weighted by atomic mass is 16.7. The minimum absolute atomic E-state index is 0.107. The summed E-state index contributed by atoms with van der Waals surface area (Å²) in [5.41, 5.74) is 0. The maximum Gasteiger partial charge on any atom is 0.306 e. The predicted molar refractivity (Wildman–Crippen MR) is 338 cm³/mol. The number of esters is 1. The van der Waals surface area contributed by atoms with Crippen LogP contribution in [0.3, 0.4) is 0 Å². The maximum atomic E-state index is 13.4. The summed E-state index contributed by atoms with van der Waals surface area (Å²) in [6.45, 7) is 5.57. The van der Waals surface area contributed by atoms with Crippen LogP contribution in [0.4, 0.5) is 0 Å². The summed E-state index contributed by atoms with van der Waals surface area (Å²) in [7, 11) is 0. The molecule has 8 atom stereocenters. The number of allylic oxidation sites excluding steroid dienone is 19. The van der Waals surface area contributed by atoms with Crippen molar-refractivity contribution in [3.05, 3.63) is 122 Å². The van der Waals surface area contributed by atoms with Gasteiger partial charge in [-0.1, -0.05) is 271 Å². The van der Waals surface area contributed by atoms with Gasteiger partial charge in [-0.25, -0.2) is 0 Å². The first-order chi connectivity index (χ1) is 39.7. The van der Waals surface area contributed by atoms with Crippen molar-refractivity contribution in [1.29, 1.82) is 0 Å². The SMILES string of the molecule is CC/C=C/C=C/C=C\C=C/C=C/CCCCC(O)C(=O)NC(COC1OC(CO)C(O)C(O)C1OC(=O)CCCCCCCCCCCCC/C=C\C/C=C\C/C=C\C/C=C\CCCCC)C(O)/C=C/CCCCCCCCCCC. The van der Waals surface area contributed by atoms with E-state index in [0.29, 0.717) is 12.8 Å². The van der Waals surface area contributed by atoms with Crippen molar-refractivity contribution in [1.82, 2.24) is 5.32 Å². The Bertz CT molecular complexity index is 1780. The number of unbranched alkanes of at least 4 members (excludes halogenated alkanes) is 25. The van der Waals surface area contributed by atoms with E-state index in [-0.39, 0.29) is 19.4 Å². The molecule has 0 radical (unpaired) electrons. The normalized spacial score (nSPS) is 19.5. The second-order valence-electron chi connectivity index (χ2n) is 21.9. The fraction of sp³-hybridized carbons (Fsp3) is 0.686. The predicted octanol–water partition coefficient (Wildman–Crippen LogP) is 15.8. The van der Waals surface area contributed by atoms with Crippen molar-refractivity contribution < 1.29 is 49.3 Å². The molecule has 1 fully saturated rings. The van der Waals surface area contributed by atoms with Crippen LogP contribution in [0.1, 0.15) is 245 Å². The van der Waals surface area contributed by atoms with E-state index >= 15 is 0 Å². The molecule has 0 aromatic rings. The van der Waals surface area contributed by atoms with Gasteiger partial charge in [0.25, 0.3) is 0 Å². The van der Waals surface area contributed by atoms with Crippen molar-refractivity contribution >= 4 is 11.9 Å². The van der Waals surface area contributed by atoms with Gasteiger partial charge in [0.15, 0.2) is 12.4 Å². The average Bonchev–Trinajstić information content (AvgIpc) is 3.50. The number of hydrogen-bond acceptors (Lipinski definition) is 10. The molecule has 1 amide bonds. The monoisotopic (exact) mass is 1130 g/mol. The van der Waals surface area contributed by atoms with Crippen LogP contribution < -0.4 is 5.32 Å². The molecule has 8 unspecified atom stereocenters. The van der Waals surface area contributed by atoms with Crippen LogP contribution in [0.15, 0.2) is 122 Å². The third kappa shape index (κ3) is 44.3. The third-order valence-electron chi connectivity index (χ3n) is 14.5. The number of carbonyl (C=O) groups excluding carboxylic acids is 2. The van der Waals surface area contributed by atoms with Crippen LogP contribution in [0.5, 0.6) is 0 Å². The summed E-state index contributed by atoms with van der Waals surface area (Å²) in [5.74, 6) is -1.25. The Balaban J connectivity index is 2.59. The highest BCUT2D eigenvalue weighted by Crippen LogP contribution is 2.26.